The van der Waals surface area contributed by atoms with Crippen LogP contribution in [0.2, 0.25) is 0 Å². The van der Waals surface area contributed by atoms with Gasteiger partial charge < -0.3 is 29.5 Å². The Labute approximate surface area is 439 Å². The Morgan fingerprint density at radius 3 is 2.37 bits per heavy atom. The number of likely N-dealkylation sites (tertiary alicyclic amines) is 1. The number of nitrogens with zero attached hydrogens (tertiary/aromatic N) is 8. The fourth-order valence-corrected chi connectivity index (χ4v) is 9.41. The van der Waals surface area contributed by atoms with Gasteiger partial charge in [-0.05, 0) is 93.9 Å². The number of cyclic esters (lactones) is 1. The number of likely N-dealkylation sites (N-methyl/N-ethyl adjacent to an activating group) is 1. The molecule has 3 aliphatic rings. The number of phenols is 1. The van der Waals surface area contributed by atoms with Crippen molar-refractivity contribution in [3.8, 4) is 40.1 Å². The largest absolute Gasteiger partial charge is 0.508 e. The summed E-state index contributed by atoms with van der Waals surface area (Å²) in [5.74, 6) is 2.39. The zero-order valence-corrected chi connectivity index (χ0v) is 45.3. The number of hydrogen-bond donors (Lipinski definition) is 3. The molecule has 17 nitrogen and oxygen atoms in total. The summed E-state index contributed by atoms with van der Waals surface area (Å²) < 4.78 is 8.22. The molecule has 70 heavy (non-hydrogen) atoms. The van der Waals surface area contributed by atoms with Gasteiger partial charge in [-0.25, -0.2) is 15.4 Å². The van der Waals surface area contributed by atoms with Gasteiger partial charge in [0.25, 0.3) is 11.8 Å². The van der Waals surface area contributed by atoms with E-state index in [0.717, 1.165) is 27.7 Å². The SMILES string of the molecule is CCn1c(-c2cncnc2)c2c3cc(ncc31)-c1cc(O)cc(c1)C[C@H](NC(=O)[C@H](C(C)C)N(C)C(=O)[C@H]1CCN(C(=O)C#CCN(C)C)C1)C(=O)N1CCC[C@H](N1)C(=O)OCC(C)(C)C2.S.S.S.S. The molecule has 3 N–H and O–H groups in total. The van der Waals surface area contributed by atoms with Crippen LogP contribution in [0.15, 0.2) is 49.2 Å². The van der Waals surface area contributed by atoms with E-state index in [2.05, 4.69) is 44.0 Å². The van der Waals surface area contributed by atoms with Gasteiger partial charge in [-0.15, -0.1) is 0 Å². The van der Waals surface area contributed by atoms with Crippen molar-refractivity contribution in [2.24, 2.45) is 17.3 Å². The van der Waals surface area contributed by atoms with E-state index in [1.807, 2.05) is 65.0 Å². The lowest BCUT2D eigenvalue weighted by molar-refractivity contribution is -0.155. The van der Waals surface area contributed by atoms with E-state index in [1.54, 1.807) is 36.5 Å². The number of hydrogen-bond acceptors (Lipinski definition) is 12. The molecule has 4 aromatic rings. The van der Waals surface area contributed by atoms with E-state index < -0.39 is 47.2 Å². The Kier molecular flexibility index (Phi) is 21.5. The van der Waals surface area contributed by atoms with Crippen LogP contribution in [0.5, 0.6) is 5.75 Å². The van der Waals surface area contributed by atoms with E-state index in [1.165, 1.54) is 16.2 Å². The smallest absolute Gasteiger partial charge is 0.324 e. The number of rotatable bonds is 8. The summed E-state index contributed by atoms with van der Waals surface area (Å²) in [6.45, 7) is 11.8. The summed E-state index contributed by atoms with van der Waals surface area (Å²) in [7, 11) is 5.30. The summed E-state index contributed by atoms with van der Waals surface area (Å²) in [5, 5.41) is 16.5. The third-order valence-corrected chi connectivity index (χ3v) is 12.6. The quantitative estimate of drug-likeness (QED) is 0.171. The van der Waals surface area contributed by atoms with Crippen LogP contribution < -0.4 is 10.7 Å². The highest BCUT2D eigenvalue weighted by Gasteiger charge is 2.40. The molecule has 382 valence electrons. The molecule has 6 bridgehead atoms. The van der Waals surface area contributed by atoms with Crippen LogP contribution in [0.3, 0.4) is 0 Å². The average molecular weight is 1040 g/mol. The summed E-state index contributed by atoms with van der Waals surface area (Å²) in [6.07, 6.45) is 8.72. The van der Waals surface area contributed by atoms with Gasteiger partial charge in [-0.3, -0.25) is 38.9 Å². The monoisotopic (exact) mass is 1040 g/mol. The minimum absolute atomic E-state index is 0. The lowest BCUT2D eigenvalue weighted by Gasteiger charge is -2.37. The topological polar surface area (TPSA) is 195 Å². The van der Waals surface area contributed by atoms with E-state index in [4.69, 9.17) is 9.72 Å². The first-order valence-electron chi connectivity index (χ1n) is 22.8. The molecular formula is C49H70N10O7S4. The maximum atomic E-state index is 14.7. The molecule has 2 saturated heterocycles. The number of carbonyl (C=O) groups is 5. The van der Waals surface area contributed by atoms with Crippen LogP contribution in [0.25, 0.3) is 33.4 Å². The number of phenolic OH excluding ortho intramolecular Hbond substituents is 1. The number of aromatic nitrogens is 4. The van der Waals surface area contributed by atoms with Crippen LogP contribution in [0.4, 0.5) is 0 Å². The van der Waals surface area contributed by atoms with Crippen LogP contribution >= 0.6 is 54.0 Å². The van der Waals surface area contributed by atoms with Gasteiger partial charge >= 0.3 is 5.97 Å². The van der Waals surface area contributed by atoms with E-state index >= 15 is 0 Å². The second-order valence-electron chi connectivity index (χ2n) is 19.1. The molecule has 0 aliphatic carbocycles. The van der Waals surface area contributed by atoms with Crippen LogP contribution in [0.1, 0.15) is 65.0 Å². The Hall–Kier alpha value is -4.98. The fourth-order valence-electron chi connectivity index (χ4n) is 9.41. The van der Waals surface area contributed by atoms with Crippen molar-refractivity contribution in [1.82, 2.24) is 50.0 Å². The predicted octanol–water partition coefficient (Wildman–Crippen LogP) is 3.88. The van der Waals surface area contributed by atoms with Crippen molar-refractivity contribution in [1.29, 1.82) is 0 Å². The van der Waals surface area contributed by atoms with E-state index in [9.17, 15) is 29.1 Å². The van der Waals surface area contributed by atoms with Crippen molar-refractivity contribution in [3.05, 3.63) is 60.3 Å². The minimum Gasteiger partial charge on any atom is -0.508 e. The number of hydrazine groups is 1. The molecule has 0 radical (unpaired) electrons. The standard InChI is InChI=1S/C49H62N10O7.4H2S/c1-9-58-41-26-52-39-22-36(41)37(44(58)34-24-50-29-51-25-34)23-49(4,5)28-66-48(65)38-12-10-16-59(54-38)47(64)40(20-31-18-33(39)21-35(60)19-31)53-45(62)43(30(2)3)56(8)46(63)32-14-17-57(27-32)42(61)13-11-15-55(6)7;;;;/h18-19,21-22,24-26,29-30,32,38,40,43,54,60H,9-10,12,14-17,20,23,27-28H2,1-8H3,(H,53,62);4*1H2/t32-,38-,40-,43-;;;;/m0..../s1. The zero-order chi connectivity index (χ0) is 47.4. The molecule has 6 heterocycles. The van der Waals surface area contributed by atoms with Crippen molar-refractivity contribution in [2.75, 3.05) is 53.9 Å². The number of benzene rings is 1. The number of ether oxygens (including phenoxy) is 1. The highest BCUT2D eigenvalue weighted by atomic mass is 32.1. The predicted molar refractivity (Wildman–Crippen MR) is 289 cm³/mol. The minimum atomic E-state index is -1.19. The summed E-state index contributed by atoms with van der Waals surface area (Å²) in [4.78, 5) is 88.3. The first-order chi connectivity index (χ1) is 31.4. The number of aryl methyl sites for hydroxylation is 1. The number of amides is 4. The first-order valence-corrected chi connectivity index (χ1v) is 22.8. The van der Waals surface area contributed by atoms with Gasteiger partial charge in [-0.1, -0.05) is 33.6 Å². The molecule has 21 heteroatoms. The third kappa shape index (κ3) is 13.5. The molecule has 3 aliphatic heterocycles. The highest BCUT2D eigenvalue weighted by molar-refractivity contribution is 7.59. The molecule has 4 atom stereocenters. The normalized spacial score (nSPS) is 19.2. The van der Waals surface area contributed by atoms with Crippen molar-refractivity contribution < 1.29 is 33.8 Å². The van der Waals surface area contributed by atoms with Crippen LogP contribution in [-0.2, 0) is 48.1 Å². The molecule has 2 fully saturated rings. The third-order valence-electron chi connectivity index (χ3n) is 12.6. The summed E-state index contributed by atoms with van der Waals surface area (Å²) in [5.41, 5.74) is 7.96. The molecule has 0 saturated carbocycles. The second kappa shape index (κ2) is 25.4. The maximum Gasteiger partial charge on any atom is 0.324 e. The van der Waals surface area contributed by atoms with Gasteiger partial charge in [0.2, 0.25) is 11.8 Å². The summed E-state index contributed by atoms with van der Waals surface area (Å²) >= 11 is 0. The zero-order valence-electron chi connectivity index (χ0n) is 41.3. The van der Waals surface area contributed by atoms with Gasteiger partial charge in [0.1, 0.15) is 30.2 Å². The Balaban J connectivity index is 0.00000324. The Bertz CT molecular complexity index is 2570. The molecular weight excluding hydrogens is 969 g/mol. The highest BCUT2D eigenvalue weighted by Crippen LogP contribution is 2.39. The summed E-state index contributed by atoms with van der Waals surface area (Å²) in [6, 6.07) is 4.04. The number of esters is 1. The van der Waals surface area contributed by atoms with Crippen molar-refractivity contribution in [2.45, 2.75) is 91.4 Å². The number of pyridine rings is 1. The van der Waals surface area contributed by atoms with Gasteiger partial charge in [-0.2, -0.15) is 54.0 Å². The Morgan fingerprint density at radius 2 is 1.70 bits per heavy atom. The maximum absolute atomic E-state index is 14.7. The molecule has 4 amide bonds. The average Bonchev–Trinajstić information content (AvgIpc) is 3.90. The number of fused-ring (bicyclic) bond motifs is 6. The molecule has 0 unspecified atom stereocenters. The second-order valence-corrected chi connectivity index (χ2v) is 19.1. The number of nitrogens with one attached hydrogen (secondary N) is 2. The van der Waals surface area contributed by atoms with Crippen LogP contribution in [0, 0.1) is 29.1 Å². The Morgan fingerprint density at radius 1 is 0.986 bits per heavy atom. The molecule has 1 aromatic carbocycles. The first kappa shape index (κ1) is 59.3. The number of aromatic hydroxyl groups is 1. The van der Waals surface area contributed by atoms with Gasteiger partial charge in [0.05, 0.1) is 42.2 Å². The van der Waals surface area contributed by atoms with Gasteiger partial charge in [0.15, 0.2) is 0 Å². The van der Waals surface area contributed by atoms with E-state index in [0.29, 0.717) is 62.1 Å². The van der Waals surface area contributed by atoms with E-state index in [-0.39, 0.29) is 104 Å². The molecule has 3 aromatic heterocycles. The number of carbonyl (C=O) groups excluding carboxylic acids is 5. The lowest BCUT2D eigenvalue weighted by atomic mass is 9.84. The van der Waals surface area contributed by atoms with Gasteiger partial charge in [0, 0.05) is 74.0 Å². The van der Waals surface area contributed by atoms with Crippen LogP contribution in [-0.4, -0.2) is 146 Å². The fraction of sp³-hybridized carbons (Fsp3) is 0.510. The molecule has 0 spiro atoms. The lowest BCUT2D eigenvalue weighted by Crippen LogP contribution is -2.62. The van der Waals surface area contributed by atoms with Crippen molar-refractivity contribution >= 4 is 94.5 Å². The van der Waals surface area contributed by atoms with Crippen molar-refractivity contribution in [3.63, 3.8) is 0 Å². The molecule has 7 rings (SSSR count).